The first-order valence-electron chi connectivity index (χ1n) is 9.84. The summed E-state index contributed by atoms with van der Waals surface area (Å²) in [4.78, 5) is 16.1. The molecule has 0 bridgehead atoms. The minimum absolute atomic E-state index is 0.0111. The number of β-amino-alcohol motifs (C(OH)–C–C–N with tert-alkyl or cyclic N) is 1. The number of aliphatic hydroxyl groups excluding tert-OH is 1. The number of aliphatic hydroxyl groups is 1. The first-order chi connectivity index (χ1) is 13.6. The van der Waals surface area contributed by atoms with E-state index < -0.39 is 6.10 Å². The van der Waals surface area contributed by atoms with Crippen molar-refractivity contribution in [3.8, 4) is 5.75 Å². The van der Waals surface area contributed by atoms with Gasteiger partial charge in [-0.1, -0.05) is 17.7 Å². The van der Waals surface area contributed by atoms with E-state index in [1.54, 1.807) is 0 Å². The molecule has 0 radical (unpaired) electrons. The molecule has 2 aliphatic rings. The number of aryl methyl sites for hydroxylation is 1. The lowest BCUT2D eigenvalue weighted by atomic mass is 10.1. The molecule has 1 amide bonds. The maximum atomic E-state index is 11.4. The topological polar surface area (TPSA) is 65.0 Å². The number of carbonyl (C=O) groups is 1. The van der Waals surface area contributed by atoms with E-state index in [0.717, 1.165) is 37.4 Å². The van der Waals surface area contributed by atoms with Gasteiger partial charge in [0.2, 0.25) is 5.91 Å². The Labute approximate surface area is 165 Å². The molecule has 2 heterocycles. The molecule has 1 fully saturated rings. The maximum Gasteiger partial charge on any atom is 0.228 e. The fourth-order valence-corrected chi connectivity index (χ4v) is 3.78. The lowest BCUT2D eigenvalue weighted by molar-refractivity contribution is -0.115. The van der Waals surface area contributed by atoms with Crippen molar-refractivity contribution in [2.24, 2.45) is 0 Å². The van der Waals surface area contributed by atoms with Crippen molar-refractivity contribution in [1.82, 2.24) is 4.90 Å². The number of carbonyl (C=O) groups excluding carboxylic acids is 1. The average Bonchev–Trinajstić information content (AvgIpc) is 3.07. The monoisotopic (exact) mass is 381 g/mol. The number of hydrogen-bond donors (Lipinski definition) is 2. The van der Waals surface area contributed by atoms with Gasteiger partial charge in [-0.2, -0.15) is 0 Å². The largest absolute Gasteiger partial charge is 0.491 e. The summed E-state index contributed by atoms with van der Waals surface area (Å²) in [6, 6.07) is 14.2. The Morgan fingerprint density at radius 2 is 1.86 bits per heavy atom. The van der Waals surface area contributed by atoms with Crippen molar-refractivity contribution < 1.29 is 14.6 Å². The zero-order valence-corrected chi connectivity index (χ0v) is 16.2. The number of hydrogen-bond acceptors (Lipinski definition) is 5. The Morgan fingerprint density at radius 1 is 1.11 bits per heavy atom. The van der Waals surface area contributed by atoms with Crippen LogP contribution in [0.2, 0.25) is 0 Å². The Kier molecular flexibility index (Phi) is 5.50. The molecule has 0 aromatic heterocycles. The molecule has 1 atom stereocenters. The van der Waals surface area contributed by atoms with Crippen molar-refractivity contribution in [3.05, 3.63) is 53.6 Å². The summed E-state index contributed by atoms with van der Waals surface area (Å²) in [6.07, 6.45) is -0.153. The SMILES string of the molecule is Cc1ccc(N2CCN(C[C@@H](O)COc3ccc4c(c3)CC(=O)N4)CC2)cc1. The molecule has 0 aliphatic carbocycles. The number of piperazine rings is 1. The number of rotatable bonds is 6. The maximum absolute atomic E-state index is 11.4. The molecule has 2 aromatic carbocycles. The smallest absolute Gasteiger partial charge is 0.228 e. The molecule has 0 saturated carbocycles. The summed E-state index contributed by atoms with van der Waals surface area (Å²) in [5.74, 6) is 0.704. The van der Waals surface area contributed by atoms with Crippen LogP contribution in [-0.4, -0.2) is 61.3 Å². The molecule has 2 aromatic rings. The van der Waals surface area contributed by atoms with Gasteiger partial charge in [0.15, 0.2) is 0 Å². The number of fused-ring (bicyclic) bond motifs is 1. The van der Waals surface area contributed by atoms with Crippen LogP contribution >= 0.6 is 0 Å². The molecule has 6 nitrogen and oxygen atoms in total. The van der Waals surface area contributed by atoms with E-state index in [9.17, 15) is 9.90 Å². The highest BCUT2D eigenvalue weighted by atomic mass is 16.5. The molecular weight excluding hydrogens is 354 g/mol. The highest BCUT2D eigenvalue weighted by Crippen LogP contribution is 2.27. The van der Waals surface area contributed by atoms with Crippen molar-refractivity contribution in [2.45, 2.75) is 19.4 Å². The zero-order chi connectivity index (χ0) is 19.5. The second-order valence-electron chi connectivity index (χ2n) is 7.63. The summed E-state index contributed by atoms with van der Waals surface area (Å²) in [6.45, 7) is 6.73. The summed E-state index contributed by atoms with van der Waals surface area (Å²) < 4.78 is 5.75. The fourth-order valence-electron chi connectivity index (χ4n) is 3.78. The molecule has 6 heteroatoms. The molecule has 28 heavy (non-hydrogen) atoms. The molecule has 2 N–H and O–H groups in total. The first-order valence-corrected chi connectivity index (χ1v) is 9.84. The van der Waals surface area contributed by atoms with Gasteiger partial charge in [0, 0.05) is 44.1 Å². The summed E-state index contributed by atoms with van der Waals surface area (Å²) in [5.41, 5.74) is 4.34. The van der Waals surface area contributed by atoms with Crippen LogP contribution in [0.1, 0.15) is 11.1 Å². The van der Waals surface area contributed by atoms with Crippen molar-refractivity contribution in [2.75, 3.05) is 49.5 Å². The molecule has 1 saturated heterocycles. The Bertz CT molecular complexity index is 829. The first kappa shape index (κ1) is 18.8. The molecule has 2 aliphatic heterocycles. The third-order valence-electron chi connectivity index (χ3n) is 5.38. The van der Waals surface area contributed by atoms with Gasteiger partial charge in [0.25, 0.3) is 0 Å². The average molecular weight is 381 g/mol. The van der Waals surface area contributed by atoms with Gasteiger partial charge >= 0.3 is 0 Å². The normalized spacial score (nSPS) is 17.9. The van der Waals surface area contributed by atoms with Crippen molar-refractivity contribution in [3.63, 3.8) is 0 Å². The molecule has 4 rings (SSSR count). The summed E-state index contributed by atoms with van der Waals surface area (Å²) in [5, 5.41) is 13.2. The van der Waals surface area contributed by atoms with Crippen LogP contribution < -0.4 is 15.0 Å². The number of amides is 1. The lowest BCUT2D eigenvalue weighted by Crippen LogP contribution is -2.49. The van der Waals surface area contributed by atoms with Crippen LogP contribution in [0.15, 0.2) is 42.5 Å². The molecule has 0 unspecified atom stereocenters. The van der Waals surface area contributed by atoms with Crippen LogP contribution in [0.5, 0.6) is 5.75 Å². The van der Waals surface area contributed by atoms with Gasteiger partial charge in [-0.3, -0.25) is 9.69 Å². The summed E-state index contributed by atoms with van der Waals surface area (Å²) in [7, 11) is 0. The van der Waals surface area contributed by atoms with E-state index in [4.69, 9.17) is 4.74 Å². The molecule has 0 spiro atoms. The Balaban J connectivity index is 1.22. The third kappa shape index (κ3) is 4.46. The number of nitrogens with zero attached hydrogens (tertiary/aromatic N) is 2. The molecule has 148 valence electrons. The minimum atomic E-state index is -0.543. The number of anilines is 2. The standard InChI is InChI=1S/C22H27N3O3/c1-16-2-4-18(5-3-16)25-10-8-24(9-11-25)14-19(26)15-28-20-6-7-21-17(12-20)13-22(27)23-21/h2-7,12,19,26H,8-11,13-15H2,1H3,(H,23,27)/t19-/m1/s1. The van der Waals surface area contributed by atoms with Gasteiger partial charge in [-0.15, -0.1) is 0 Å². The zero-order valence-electron chi connectivity index (χ0n) is 16.2. The second kappa shape index (κ2) is 8.20. The number of benzene rings is 2. The van der Waals surface area contributed by atoms with Crippen molar-refractivity contribution in [1.29, 1.82) is 0 Å². The van der Waals surface area contributed by atoms with Gasteiger partial charge in [-0.25, -0.2) is 0 Å². The molecular formula is C22H27N3O3. The summed E-state index contributed by atoms with van der Waals surface area (Å²) >= 11 is 0. The minimum Gasteiger partial charge on any atom is -0.491 e. The Morgan fingerprint density at radius 3 is 2.61 bits per heavy atom. The highest BCUT2D eigenvalue weighted by Gasteiger charge is 2.21. The van der Waals surface area contributed by atoms with E-state index in [0.29, 0.717) is 18.7 Å². The lowest BCUT2D eigenvalue weighted by Gasteiger charge is -2.36. The van der Waals surface area contributed by atoms with E-state index in [-0.39, 0.29) is 12.5 Å². The van der Waals surface area contributed by atoms with Gasteiger partial charge in [0.05, 0.1) is 6.42 Å². The number of nitrogens with one attached hydrogen (secondary N) is 1. The van der Waals surface area contributed by atoms with Crippen LogP contribution in [0.25, 0.3) is 0 Å². The van der Waals surface area contributed by atoms with Gasteiger partial charge < -0.3 is 20.1 Å². The quantitative estimate of drug-likeness (QED) is 0.802. The van der Waals surface area contributed by atoms with Crippen LogP contribution in [0, 0.1) is 6.92 Å². The van der Waals surface area contributed by atoms with Gasteiger partial charge in [-0.05, 0) is 42.8 Å². The van der Waals surface area contributed by atoms with E-state index in [1.165, 1.54) is 11.3 Å². The highest BCUT2D eigenvalue weighted by molar-refractivity contribution is 5.99. The van der Waals surface area contributed by atoms with Crippen LogP contribution in [0.4, 0.5) is 11.4 Å². The third-order valence-corrected chi connectivity index (χ3v) is 5.38. The van der Waals surface area contributed by atoms with Crippen LogP contribution in [0.3, 0.4) is 0 Å². The van der Waals surface area contributed by atoms with Gasteiger partial charge in [0.1, 0.15) is 18.5 Å². The van der Waals surface area contributed by atoms with E-state index >= 15 is 0 Å². The second-order valence-corrected chi connectivity index (χ2v) is 7.63. The fraction of sp³-hybridized carbons (Fsp3) is 0.409. The number of ether oxygens (including phenoxy) is 1. The van der Waals surface area contributed by atoms with E-state index in [2.05, 4.69) is 46.3 Å². The van der Waals surface area contributed by atoms with E-state index in [1.807, 2.05) is 18.2 Å². The van der Waals surface area contributed by atoms with Crippen LogP contribution in [-0.2, 0) is 11.2 Å². The van der Waals surface area contributed by atoms with Crippen molar-refractivity contribution >= 4 is 17.3 Å². The Hall–Kier alpha value is -2.57. The predicted molar refractivity (Wildman–Crippen MR) is 110 cm³/mol. The predicted octanol–water partition coefficient (Wildman–Crippen LogP) is 2.05.